The van der Waals surface area contributed by atoms with Crippen molar-refractivity contribution in [2.45, 2.75) is 39.0 Å². The van der Waals surface area contributed by atoms with Crippen molar-refractivity contribution in [2.24, 2.45) is 0 Å². The summed E-state index contributed by atoms with van der Waals surface area (Å²) >= 11 is 0. The number of carbonyl (C=O) groups is 1. The Hall–Kier alpha value is -1.88. The molecule has 4 nitrogen and oxygen atoms in total. The van der Waals surface area contributed by atoms with Crippen molar-refractivity contribution in [3.63, 3.8) is 0 Å². The van der Waals surface area contributed by atoms with Crippen LogP contribution in [0.25, 0.3) is 0 Å². The molecule has 0 fully saturated rings. The number of hydrogen-bond acceptors (Lipinski definition) is 4. The van der Waals surface area contributed by atoms with E-state index in [4.69, 9.17) is 4.74 Å². The number of esters is 1. The van der Waals surface area contributed by atoms with Crippen LogP contribution in [0.2, 0.25) is 0 Å². The highest BCUT2D eigenvalue weighted by Gasteiger charge is 2.35. The highest BCUT2D eigenvalue weighted by molar-refractivity contribution is 5.85. The molecule has 0 saturated carbocycles. The van der Waals surface area contributed by atoms with Gasteiger partial charge >= 0.3 is 5.97 Å². The number of nitrogens with zero attached hydrogens (tertiary/aromatic N) is 1. The summed E-state index contributed by atoms with van der Waals surface area (Å²) in [6.07, 6.45) is -0.453. The number of hydrogen-bond donors (Lipinski definition) is 1. The van der Waals surface area contributed by atoms with Gasteiger partial charge in [-0.1, -0.05) is 74.5 Å². The van der Waals surface area contributed by atoms with Crippen LogP contribution in [0.5, 0.6) is 0 Å². The molecule has 0 radical (unpaired) electrons. The van der Waals surface area contributed by atoms with Gasteiger partial charge in [0.2, 0.25) is 0 Å². The second-order valence-electron chi connectivity index (χ2n) is 6.08. The lowest BCUT2D eigenvalue weighted by atomic mass is 9.83. The molecular formula is C21H28ClNO3. The van der Waals surface area contributed by atoms with Crippen molar-refractivity contribution in [2.75, 3.05) is 13.1 Å². The summed E-state index contributed by atoms with van der Waals surface area (Å²) in [5, 5.41) is 11.4. The van der Waals surface area contributed by atoms with E-state index in [2.05, 4.69) is 0 Å². The van der Waals surface area contributed by atoms with E-state index in [1.54, 1.807) is 0 Å². The van der Waals surface area contributed by atoms with Crippen molar-refractivity contribution in [3.05, 3.63) is 71.8 Å². The topological polar surface area (TPSA) is 49.8 Å². The molecule has 2 aromatic rings. The Kier molecular flexibility index (Phi) is 8.79. The second kappa shape index (κ2) is 10.3. The van der Waals surface area contributed by atoms with Crippen molar-refractivity contribution in [1.29, 1.82) is 0 Å². The van der Waals surface area contributed by atoms with Crippen LogP contribution in [0.15, 0.2) is 60.7 Å². The van der Waals surface area contributed by atoms with E-state index in [0.29, 0.717) is 11.1 Å². The lowest BCUT2D eigenvalue weighted by Crippen LogP contribution is -2.38. The van der Waals surface area contributed by atoms with Crippen molar-refractivity contribution < 1.29 is 14.6 Å². The number of benzene rings is 2. The summed E-state index contributed by atoms with van der Waals surface area (Å²) in [5.41, 5.74) is -0.0648. The molecule has 142 valence electrons. The third-order valence-electron chi connectivity index (χ3n) is 4.53. The average Bonchev–Trinajstić information content (AvgIpc) is 2.64. The Morgan fingerprint density at radius 1 is 1.00 bits per heavy atom. The van der Waals surface area contributed by atoms with E-state index >= 15 is 0 Å². The molecule has 1 unspecified atom stereocenters. The third kappa shape index (κ3) is 5.31. The Labute approximate surface area is 162 Å². The van der Waals surface area contributed by atoms with Crippen LogP contribution in [0.1, 0.15) is 38.3 Å². The largest absolute Gasteiger partial charge is 0.447 e. The van der Waals surface area contributed by atoms with Crippen LogP contribution in [-0.4, -0.2) is 35.3 Å². The third-order valence-corrected chi connectivity index (χ3v) is 4.53. The van der Waals surface area contributed by atoms with Crippen LogP contribution in [-0.2, 0) is 15.1 Å². The highest BCUT2D eigenvalue weighted by Crippen LogP contribution is 2.33. The number of rotatable bonds is 8. The van der Waals surface area contributed by atoms with Gasteiger partial charge < -0.3 is 9.84 Å². The standard InChI is InChI=1S/C21H27NO3.ClH/c1-4-22(5-2)17(3)25-20(23)16-21(24,18-12-8-6-9-13-18)19-14-10-7-11-15-19;/h6-15,17,24H,4-5,16H2,1-3H3;1H. The fourth-order valence-electron chi connectivity index (χ4n) is 3.05. The molecule has 0 heterocycles. The molecule has 2 aromatic carbocycles. The molecule has 0 spiro atoms. The van der Waals surface area contributed by atoms with Crippen molar-refractivity contribution >= 4 is 18.4 Å². The van der Waals surface area contributed by atoms with E-state index in [-0.39, 0.29) is 25.1 Å². The minimum atomic E-state index is -1.41. The van der Waals surface area contributed by atoms with E-state index in [1.807, 2.05) is 86.3 Å². The van der Waals surface area contributed by atoms with E-state index < -0.39 is 11.6 Å². The van der Waals surface area contributed by atoms with Gasteiger partial charge in [0.1, 0.15) is 5.60 Å². The lowest BCUT2D eigenvalue weighted by molar-refractivity contribution is -0.161. The maximum Gasteiger partial charge on any atom is 0.311 e. The van der Waals surface area contributed by atoms with E-state index in [0.717, 1.165) is 13.1 Å². The molecule has 0 saturated heterocycles. The second-order valence-corrected chi connectivity index (χ2v) is 6.08. The zero-order chi connectivity index (χ0) is 18.3. The van der Waals surface area contributed by atoms with Gasteiger partial charge in [-0.25, -0.2) is 0 Å². The van der Waals surface area contributed by atoms with Crippen molar-refractivity contribution in [1.82, 2.24) is 4.90 Å². The minimum Gasteiger partial charge on any atom is -0.447 e. The fraction of sp³-hybridized carbons (Fsp3) is 0.381. The molecule has 0 amide bonds. The summed E-state index contributed by atoms with van der Waals surface area (Å²) in [5.74, 6) is -0.422. The zero-order valence-corrected chi connectivity index (χ0v) is 16.4. The average molecular weight is 378 g/mol. The summed E-state index contributed by atoms with van der Waals surface area (Å²) in [7, 11) is 0. The van der Waals surface area contributed by atoms with Gasteiger partial charge in [0.15, 0.2) is 6.23 Å². The Bertz CT molecular complexity index is 620. The van der Waals surface area contributed by atoms with Gasteiger partial charge in [0, 0.05) is 0 Å². The number of carbonyl (C=O) groups excluding carboxylic acids is 1. The Balaban J connectivity index is 0.00000338. The predicted molar refractivity (Wildman–Crippen MR) is 106 cm³/mol. The summed E-state index contributed by atoms with van der Waals surface area (Å²) in [4.78, 5) is 14.6. The Morgan fingerprint density at radius 2 is 1.42 bits per heavy atom. The van der Waals surface area contributed by atoms with E-state index in [1.165, 1.54) is 0 Å². The SMILES string of the molecule is CCN(CC)C(C)OC(=O)CC(O)(c1ccccc1)c1ccccc1.Cl. The van der Waals surface area contributed by atoms with Gasteiger partial charge in [0.05, 0.1) is 6.42 Å². The first kappa shape index (κ1) is 22.2. The molecule has 0 bridgehead atoms. The highest BCUT2D eigenvalue weighted by atomic mass is 35.5. The van der Waals surface area contributed by atoms with E-state index in [9.17, 15) is 9.90 Å². The van der Waals surface area contributed by atoms with Crippen LogP contribution in [0, 0.1) is 0 Å². The summed E-state index contributed by atoms with van der Waals surface area (Å²) < 4.78 is 5.56. The van der Waals surface area contributed by atoms with Crippen LogP contribution < -0.4 is 0 Å². The number of halogens is 1. The zero-order valence-electron chi connectivity index (χ0n) is 15.6. The van der Waals surface area contributed by atoms with Crippen molar-refractivity contribution in [3.8, 4) is 0 Å². The quantitative estimate of drug-likeness (QED) is 0.558. The number of ether oxygens (including phenoxy) is 1. The molecule has 0 aromatic heterocycles. The fourth-order valence-corrected chi connectivity index (χ4v) is 3.05. The molecular weight excluding hydrogens is 350 g/mol. The van der Waals surface area contributed by atoms with Gasteiger partial charge in [0.25, 0.3) is 0 Å². The molecule has 0 aliphatic carbocycles. The first-order valence-electron chi connectivity index (χ1n) is 8.78. The monoisotopic (exact) mass is 377 g/mol. The van der Waals surface area contributed by atoms with Gasteiger partial charge in [-0.3, -0.25) is 9.69 Å². The van der Waals surface area contributed by atoms with Gasteiger partial charge in [-0.15, -0.1) is 12.4 Å². The smallest absolute Gasteiger partial charge is 0.311 e. The minimum absolute atomic E-state index is 0. The molecule has 0 aliphatic rings. The summed E-state index contributed by atoms with van der Waals surface area (Å²) in [6, 6.07) is 18.5. The Morgan fingerprint density at radius 3 is 1.81 bits per heavy atom. The number of aliphatic hydroxyl groups is 1. The molecule has 2 rings (SSSR count). The first-order chi connectivity index (χ1) is 12.0. The predicted octanol–water partition coefficient (Wildman–Crippen LogP) is 3.97. The van der Waals surface area contributed by atoms with Gasteiger partial charge in [-0.2, -0.15) is 0 Å². The lowest BCUT2D eigenvalue weighted by Gasteiger charge is -2.31. The van der Waals surface area contributed by atoms with Crippen LogP contribution >= 0.6 is 12.4 Å². The maximum atomic E-state index is 12.5. The maximum absolute atomic E-state index is 12.5. The molecule has 26 heavy (non-hydrogen) atoms. The first-order valence-corrected chi connectivity index (χ1v) is 8.78. The molecule has 1 atom stereocenters. The van der Waals surface area contributed by atoms with Crippen LogP contribution in [0.3, 0.4) is 0 Å². The molecule has 1 N–H and O–H groups in total. The molecule has 0 aliphatic heterocycles. The van der Waals surface area contributed by atoms with Gasteiger partial charge in [-0.05, 0) is 31.1 Å². The summed E-state index contributed by atoms with van der Waals surface area (Å²) in [6.45, 7) is 7.50. The normalized spacial score (nSPS) is 12.3. The van der Waals surface area contributed by atoms with Crippen LogP contribution in [0.4, 0.5) is 0 Å². The molecule has 5 heteroatoms.